The van der Waals surface area contributed by atoms with Crippen molar-refractivity contribution in [2.24, 2.45) is 0 Å². The summed E-state index contributed by atoms with van der Waals surface area (Å²) in [7, 11) is 4.17. The lowest BCUT2D eigenvalue weighted by Crippen LogP contribution is -2.09. The average molecular weight is 437 g/mol. The second kappa shape index (κ2) is 10.7. The van der Waals surface area contributed by atoms with Gasteiger partial charge in [-0.2, -0.15) is 11.8 Å². The number of thioether (sulfide) groups is 1. The quantitative estimate of drug-likeness (QED) is 0.348. The number of nitrogens with zero attached hydrogens (tertiary/aromatic N) is 4. The summed E-state index contributed by atoms with van der Waals surface area (Å²) in [6, 6.07) is 8.27. The van der Waals surface area contributed by atoms with Crippen molar-refractivity contribution >= 4 is 45.9 Å². The molecular weight excluding hydrogens is 412 g/mol. The fourth-order valence-electron chi connectivity index (χ4n) is 2.49. The molecule has 0 radical (unpaired) electrons. The van der Waals surface area contributed by atoms with Gasteiger partial charge in [0, 0.05) is 62.0 Å². The maximum absolute atomic E-state index is 11.7. The van der Waals surface area contributed by atoms with E-state index in [1.807, 2.05) is 35.2 Å². The monoisotopic (exact) mass is 436 g/mol. The molecule has 0 aliphatic heterocycles. The number of thiophene rings is 1. The molecule has 3 rings (SSSR count). The largest absolute Gasteiger partial charge is 0.546 e. The Bertz CT molecular complexity index is 852. The molecule has 1 unspecified atom stereocenters. The van der Waals surface area contributed by atoms with Gasteiger partial charge >= 0.3 is 0 Å². The summed E-state index contributed by atoms with van der Waals surface area (Å²) in [6.45, 7) is 2.29. The lowest BCUT2D eigenvalue weighted by Gasteiger charge is -2.06. The van der Waals surface area contributed by atoms with Crippen LogP contribution in [0.5, 0.6) is 0 Å². The molecule has 7 nitrogen and oxygen atoms in total. The summed E-state index contributed by atoms with van der Waals surface area (Å²) in [6.07, 6.45) is 3.52. The third-order valence-electron chi connectivity index (χ3n) is 3.72. The number of pyridine rings is 1. The van der Waals surface area contributed by atoms with Crippen LogP contribution in [0.3, 0.4) is 0 Å². The Morgan fingerprint density at radius 2 is 1.93 bits per heavy atom. The van der Waals surface area contributed by atoms with Gasteiger partial charge in [0.1, 0.15) is 0 Å². The Kier molecular flexibility index (Phi) is 8.04. The molecule has 0 amide bonds. The highest BCUT2D eigenvalue weighted by Gasteiger charge is 2.15. The molecule has 3 aromatic heterocycles. The predicted octanol–water partition coefficient (Wildman–Crippen LogP) is 3.68. The third kappa shape index (κ3) is 6.71. The highest BCUT2D eigenvalue weighted by Crippen LogP contribution is 2.24. The molecule has 0 saturated carbocycles. The molecule has 28 heavy (non-hydrogen) atoms. The molecule has 3 heterocycles. The smallest absolute Gasteiger partial charge is 0.233 e. The molecule has 0 aromatic carbocycles. The molecule has 0 aliphatic rings. The minimum atomic E-state index is -1.55. The molecule has 0 spiro atoms. The molecule has 0 bridgehead atoms. The lowest BCUT2D eigenvalue weighted by molar-refractivity contribution is 0.406. The third-order valence-corrected chi connectivity index (χ3v) is 6.66. The van der Waals surface area contributed by atoms with Crippen LogP contribution in [-0.2, 0) is 18.8 Å². The van der Waals surface area contributed by atoms with E-state index >= 15 is 0 Å². The zero-order valence-corrected chi connectivity index (χ0v) is 18.4. The number of hydrogen-bond donors (Lipinski definition) is 2. The minimum absolute atomic E-state index is 0.541. The summed E-state index contributed by atoms with van der Waals surface area (Å²) in [5.41, 5.74) is 1.03. The standard InChI is InChI=1S/C18H24N6OS3/c1-24(2)12-15-5-6-16(27-15)13-26-9-8-20-17-18(23-28(25)22-17)21-11-14-4-3-7-19-10-14/h3-7,10H,8-9,11-13H2,1-2H3,(H,20,22)(H,21,23). The molecule has 0 saturated heterocycles. The molecule has 0 aliphatic carbocycles. The van der Waals surface area contributed by atoms with Gasteiger partial charge in [0.25, 0.3) is 0 Å². The van der Waals surface area contributed by atoms with Crippen LogP contribution < -0.4 is 10.6 Å². The van der Waals surface area contributed by atoms with Crippen molar-refractivity contribution < 1.29 is 4.55 Å². The van der Waals surface area contributed by atoms with E-state index in [1.165, 1.54) is 9.75 Å². The molecule has 10 heteroatoms. The molecular formula is C18H24N6OS3. The number of aromatic nitrogens is 3. The summed E-state index contributed by atoms with van der Waals surface area (Å²) in [5, 5.41) is 6.42. The molecule has 3 aromatic rings. The van der Waals surface area contributed by atoms with Crippen molar-refractivity contribution in [1.29, 1.82) is 0 Å². The fraction of sp³-hybridized carbons (Fsp3) is 0.389. The van der Waals surface area contributed by atoms with Crippen LogP contribution in [0, 0.1) is 0 Å². The topological polar surface area (TPSA) is 89.0 Å². The van der Waals surface area contributed by atoms with Gasteiger partial charge < -0.3 is 20.1 Å². The van der Waals surface area contributed by atoms with Crippen molar-refractivity contribution in [2.75, 3.05) is 37.0 Å². The van der Waals surface area contributed by atoms with Gasteiger partial charge in [0.15, 0.2) is 11.1 Å². The maximum Gasteiger partial charge on any atom is 0.233 e. The Hall–Kier alpha value is -1.72. The van der Waals surface area contributed by atoms with E-state index in [2.05, 4.69) is 55.5 Å². The van der Waals surface area contributed by atoms with Crippen LogP contribution in [0.4, 0.5) is 11.6 Å². The second-order valence-electron chi connectivity index (χ2n) is 6.41. The van der Waals surface area contributed by atoms with E-state index < -0.39 is 11.1 Å². The number of nitrogens with one attached hydrogen (secondary N) is 2. The predicted molar refractivity (Wildman–Crippen MR) is 119 cm³/mol. The van der Waals surface area contributed by atoms with E-state index in [0.717, 1.165) is 30.2 Å². The number of rotatable bonds is 11. The van der Waals surface area contributed by atoms with Gasteiger partial charge in [-0.3, -0.25) is 4.98 Å². The first kappa shape index (κ1) is 21.0. The van der Waals surface area contributed by atoms with Crippen molar-refractivity contribution in [3.05, 3.63) is 52.0 Å². The van der Waals surface area contributed by atoms with E-state index in [-0.39, 0.29) is 0 Å². The first-order valence-corrected chi connectivity index (χ1v) is 11.9. The first-order chi connectivity index (χ1) is 13.6. The van der Waals surface area contributed by atoms with Crippen LogP contribution in [0.15, 0.2) is 36.7 Å². The van der Waals surface area contributed by atoms with Crippen molar-refractivity contribution in [3.63, 3.8) is 0 Å². The molecule has 2 N–H and O–H groups in total. The van der Waals surface area contributed by atoms with Crippen LogP contribution in [0.2, 0.25) is 0 Å². The summed E-state index contributed by atoms with van der Waals surface area (Å²) < 4.78 is 19.8. The second-order valence-corrected chi connectivity index (χ2v) is 9.60. The van der Waals surface area contributed by atoms with Gasteiger partial charge in [-0.15, -0.1) is 11.3 Å². The van der Waals surface area contributed by atoms with Crippen LogP contribution in [0.1, 0.15) is 15.3 Å². The van der Waals surface area contributed by atoms with Gasteiger partial charge in [0.05, 0.1) is 0 Å². The highest BCUT2D eigenvalue weighted by atomic mass is 32.2. The van der Waals surface area contributed by atoms with Crippen LogP contribution in [-0.4, -0.2) is 49.6 Å². The maximum atomic E-state index is 11.7. The molecule has 150 valence electrons. The van der Waals surface area contributed by atoms with E-state index in [9.17, 15) is 4.55 Å². The zero-order valence-electron chi connectivity index (χ0n) is 15.9. The SMILES string of the molecule is CN(C)Cc1ccc(CSCCNc2n[s+]([O-])nc2NCc2cccnc2)s1. The normalized spacial score (nSPS) is 11.8. The number of hydrogen-bond acceptors (Lipinski definition) is 9. The Balaban J connectivity index is 1.40. The highest BCUT2D eigenvalue weighted by molar-refractivity contribution is 7.98. The van der Waals surface area contributed by atoms with Crippen molar-refractivity contribution in [3.8, 4) is 0 Å². The van der Waals surface area contributed by atoms with Gasteiger partial charge in [0.2, 0.25) is 11.6 Å². The minimum Gasteiger partial charge on any atom is -0.546 e. The van der Waals surface area contributed by atoms with Gasteiger partial charge in [-0.25, -0.2) is 0 Å². The lowest BCUT2D eigenvalue weighted by atomic mass is 10.3. The Morgan fingerprint density at radius 1 is 1.14 bits per heavy atom. The van der Waals surface area contributed by atoms with Crippen molar-refractivity contribution in [1.82, 2.24) is 18.6 Å². The molecule has 0 fully saturated rings. The van der Waals surface area contributed by atoms with Gasteiger partial charge in [-0.1, -0.05) is 6.07 Å². The Morgan fingerprint density at radius 3 is 2.68 bits per heavy atom. The van der Waals surface area contributed by atoms with Crippen LogP contribution in [0.25, 0.3) is 0 Å². The van der Waals surface area contributed by atoms with E-state index in [4.69, 9.17) is 0 Å². The summed E-state index contributed by atoms with van der Waals surface area (Å²) in [5.74, 6) is 3.03. The molecule has 1 atom stereocenters. The fourth-order valence-corrected chi connectivity index (χ4v) is 5.26. The van der Waals surface area contributed by atoms with Crippen molar-refractivity contribution in [2.45, 2.75) is 18.8 Å². The Labute approximate surface area is 176 Å². The average Bonchev–Trinajstić information content (AvgIpc) is 3.26. The van der Waals surface area contributed by atoms with E-state index in [1.54, 1.807) is 12.4 Å². The number of anilines is 2. The summed E-state index contributed by atoms with van der Waals surface area (Å²) in [4.78, 5) is 9.05. The zero-order chi connectivity index (χ0) is 19.8. The van der Waals surface area contributed by atoms with Crippen LogP contribution >= 0.6 is 34.2 Å². The van der Waals surface area contributed by atoms with E-state index in [0.29, 0.717) is 18.2 Å². The van der Waals surface area contributed by atoms with Gasteiger partial charge in [-0.05, 0) is 37.9 Å². The first-order valence-electron chi connectivity index (χ1n) is 8.86. The summed E-state index contributed by atoms with van der Waals surface area (Å²) >= 11 is 2.18.